The van der Waals surface area contributed by atoms with Crippen molar-refractivity contribution in [2.24, 2.45) is 5.92 Å². The minimum Gasteiger partial charge on any atom is -0.497 e. The molecule has 0 bridgehead atoms. The van der Waals surface area contributed by atoms with Gasteiger partial charge in [0.1, 0.15) is 5.75 Å². The average Bonchev–Trinajstić information content (AvgIpc) is 2.89. The van der Waals surface area contributed by atoms with E-state index in [1.54, 1.807) is 36.3 Å². The Morgan fingerprint density at radius 2 is 1.96 bits per heavy atom. The van der Waals surface area contributed by atoms with Crippen molar-refractivity contribution in [2.75, 3.05) is 38.2 Å². The van der Waals surface area contributed by atoms with Crippen molar-refractivity contribution in [2.45, 2.75) is 25.9 Å². The molecule has 2 saturated heterocycles. The molecule has 3 rings (SSSR count). The molecule has 0 saturated carbocycles. The lowest BCUT2D eigenvalue weighted by molar-refractivity contribution is 0.0297. The van der Waals surface area contributed by atoms with Crippen LogP contribution >= 0.6 is 0 Å². The Morgan fingerprint density at radius 1 is 1.24 bits per heavy atom. The summed E-state index contributed by atoms with van der Waals surface area (Å²) in [6.45, 7) is 6.39. The van der Waals surface area contributed by atoms with E-state index in [0.717, 1.165) is 6.54 Å². The number of rotatable bonds is 4. The molecule has 0 unspecified atom stereocenters. The van der Waals surface area contributed by atoms with Gasteiger partial charge in [-0.3, -0.25) is 9.69 Å². The van der Waals surface area contributed by atoms with Crippen LogP contribution in [0, 0.1) is 5.92 Å². The van der Waals surface area contributed by atoms with E-state index >= 15 is 0 Å². The van der Waals surface area contributed by atoms with E-state index < -0.39 is 9.84 Å². The first-order chi connectivity index (χ1) is 11.8. The van der Waals surface area contributed by atoms with Crippen molar-refractivity contribution < 1.29 is 17.9 Å². The van der Waals surface area contributed by atoms with Crippen LogP contribution in [-0.4, -0.2) is 74.5 Å². The fourth-order valence-electron chi connectivity index (χ4n) is 3.89. The lowest BCUT2D eigenvalue weighted by Crippen LogP contribution is -2.61. The molecule has 0 N–H and O–H groups in total. The number of hydrogen-bond acceptors (Lipinski definition) is 5. The summed E-state index contributed by atoms with van der Waals surface area (Å²) < 4.78 is 29.7. The summed E-state index contributed by atoms with van der Waals surface area (Å²) in [7, 11) is -1.56. The Balaban J connectivity index is 1.86. The highest BCUT2D eigenvalue weighted by Gasteiger charge is 2.48. The Morgan fingerprint density at radius 3 is 2.64 bits per heavy atom. The number of amides is 1. The third-order valence-electron chi connectivity index (χ3n) is 4.97. The molecule has 2 atom stereocenters. The SMILES string of the molecule is COc1cccc(C(=O)N2CCN(CC(C)C)[C@@H]3CS(=O)(=O)C[C@@H]32)c1. The number of ether oxygens (including phenoxy) is 1. The van der Waals surface area contributed by atoms with Crippen LogP contribution in [0.3, 0.4) is 0 Å². The van der Waals surface area contributed by atoms with E-state index in [2.05, 4.69) is 18.7 Å². The van der Waals surface area contributed by atoms with Crippen LogP contribution in [0.1, 0.15) is 24.2 Å². The zero-order valence-electron chi connectivity index (χ0n) is 15.0. The number of methoxy groups -OCH3 is 1. The standard InChI is InChI=1S/C18H26N2O4S/c1-13(2)10-19-7-8-20(17-12-25(22,23)11-16(17)19)18(21)14-5-4-6-15(9-14)24-3/h4-6,9,13,16-17H,7-8,10-12H2,1-3H3/t16-,17+/m1/s1. The summed E-state index contributed by atoms with van der Waals surface area (Å²) in [5.41, 5.74) is 0.541. The number of fused-ring (bicyclic) bond motifs is 1. The Kier molecular flexibility index (Phi) is 5.06. The number of nitrogens with zero attached hydrogens (tertiary/aromatic N) is 2. The molecule has 2 fully saturated rings. The second-order valence-corrected chi connectivity index (χ2v) is 9.48. The largest absolute Gasteiger partial charge is 0.497 e. The minimum atomic E-state index is -3.12. The van der Waals surface area contributed by atoms with Gasteiger partial charge in [-0.15, -0.1) is 0 Å². The van der Waals surface area contributed by atoms with E-state index in [-0.39, 0.29) is 29.5 Å². The molecule has 1 aromatic carbocycles. The van der Waals surface area contributed by atoms with Gasteiger partial charge in [0, 0.05) is 31.2 Å². The normalized spacial score (nSPS) is 25.8. The number of carbonyl (C=O) groups is 1. The van der Waals surface area contributed by atoms with Gasteiger partial charge in [-0.2, -0.15) is 0 Å². The van der Waals surface area contributed by atoms with Crippen molar-refractivity contribution in [3.05, 3.63) is 29.8 Å². The third-order valence-corrected chi connectivity index (χ3v) is 6.67. The van der Waals surface area contributed by atoms with E-state index in [0.29, 0.717) is 30.3 Å². The lowest BCUT2D eigenvalue weighted by Gasteiger charge is -2.44. The molecule has 2 aliphatic heterocycles. The summed E-state index contributed by atoms with van der Waals surface area (Å²) in [6, 6.07) is 6.67. The van der Waals surface area contributed by atoms with Crippen LogP contribution < -0.4 is 4.74 Å². The maximum absolute atomic E-state index is 13.0. The number of piperazine rings is 1. The van der Waals surface area contributed by atoms with Crippen molar-refractivity contribution in [3.8, 4) is 5.75 Å². The monoisotopic (exact) mass is 366 g/mol. The molecule has 0 aromatic heterocycles. The van der Waals surface area contributed by atoms with E-state index in [4.69, 9.17) is 4.74 Å². The molecule has 0 aliphatic carbocycles. The maximum atomic E-state index is 13.0. The Bertz CT molecular complexity index is 747. The lowest BCUT2D eigenvalue weighted by atomic mass is 10.0. The second kappa shape index (κ2) is 6.96. The zero-order valence-corrected chi connectivity index (χ0v) is 15.8. The van der Waals surface area contributed by atoms with Crippen molar-refractivity contribution in [3.63, 3.8) is 0 Å². The molecular formula is C18H26N2O4S. The van der Waals surface area contributed by atoms with Crippen LogP contribution in [0.4, 0.5) is 0 Å². The van der Waals surface area contributed by atoms with Crippen LogP contribution in [0.25, 0.3) is 0 Å². The predicted octanol–water partition coefficient (Wildman–Crippen LogP) is 1.27. The van der Waals surface area contributed by atoms with Gasteiger partial charge in [-0.25, -0.2) is 8.42 Å². The molecule has 1 aromatic rings. The summed E-state index contributed by atoms with van der Waals surface area (Å²) in [6.07, 6.45) is 0. The molecule has 25 heavy (non-hydrogen) atoms. The number of sulfone groups is 1. The molecule has 2 heterocycles. The van der Waals surface area contributed by atoms with Crippen LogP contribution in [0.15, 0.2) is 24.3 Å². The van der Waals surface area contributed by atoms with Crippen molar-refractivity contribution in [1.82, 2.24) is 9.80 Å². The molecule has 2 aliphatic rings. The first-order valence-electron chi connectivity index (χ1n) is 8.70. The average molecular weight is 366 g/mol. The van der Waals surface area contributed by atoms with Crippen LogP contribution in [0.2, 0.25) is 0 Å². The summed E-state index contributed by atoms with van der Waals surface area (Å²) in [5, 5.41) is 0. The molecule has 138 valence electrons. The highest BCUT2D eigenvalue weighted by atomic mass is 32.2. The second-order valence-electron chi connectivity index (χ2n) is 7.33. The van der Waals surface area contributed by atoms with Gasteiger partial charge in [0.2, 0.25) is 0 Å². The quantitative estimate of drug-likeness (QED) is 0.803. The molecule has 7 heteroatoms. The molecule has 1 amide bonds. The summed E-state index contributed by atoms with van der Waals surface area (Å²) >= 11 is 0. The van der Waals surface area contributed by atoms with Gasteiger partial charge in [0.25, 0.3) is 5.91 Å². The van der Waals surface area contributed by atoms with Gasteiger partial charge < -0.3 is 9.64 Å². The van der Waals surface area contributed by atoms with Crippen LogP contribution in [-0.2, 0) is 9.84 Å². The number of carbonyl (C=O) groups excluding carboxylic acids is 1. The maximum Gasteiger partial charge on any atom is 0.254 e. The first kappa shape index (κ1) is 18.2. The minimum absolute atomic E-state index is 0.0575. The molecular weight excluding hydrogens is 340 g/mol. The summed E-state index contributed by atoms with van der Waals surface area (Å²) in [5.74, 6) is 1.17. The van der Waals surface area contributed by atoms with Gasteiger partial charge in [-0.1, -0.05) is 19.9 Å². The van der Waals surface area contributed by atoms with Crippen LogP contribution in [0.5, 0.6) is 5.75 Å². The Labute approximate surface area is 149 Å². The summed E-state index contributed by atoms with van der Waals surface area (Å²) in [4.78, 5) is 17.0. The number of hydrogen-bond donors (Lipinski definition) is 0. The van der Waals surface area contributed by atoms with Crippen molar-refractivity contribution in [1.29, 1.82) is 0 Å². The molecule has 0 spiro atoms. The Hall–Kier alpha value is -1.60. The van der Waals surface area contributed by atoms with Gasteiger partial charge in [0.15, 0.2) is 9.84 Å². The third kappa shape index (κ3) is 3.82. The smallest absolute Gasteiger partial charge is 0.254 e. The van der Waals surface area contributed by atoms with Gasteiger partial charge in [0.05, 0.1) is 24.7 Å². The topological polar surface area (TPSA) is 66.9 Å². The molecule has 0 radical (unpaired) electrons. The first-order valence-corrected chi connectivity index (χ1v) is 10.5. The van der Waals surface area contributed by atoms with E-state index in [9.17, 15) is 13.2 Å². The fourth-order valence-corrected chi connectivity index (χ4v) is 5.91. The number of benzene rings is 1. The van der Waals surface area contributed by atoms with Gasteiger partial charge >= 0.3 is 0 Å². The molecule has 6 nitrogen and oxygen atoms in total. The predicted molar refractivity (Wildman–Crippen MR) is 96.7 cm³/mol. The fraction of sp³-hybridized carbons (Fsp3) is 0.611. The van der Waals surface area contributed by atoms with E-state index in [1.165, 1.54) is 0 Å². The van der Waals surface area contributed by atoms with Gasteiger partial charge in [-0.05, 0) is 24.1 Å². The highest BCUT2D eigenvalue weighted by molar-refractivity contribution is 7.91. The van der Waals surface area contributed by atoms with Crippen molar-refractivity contribution >= 4 is 15.7 Å². The zero-order chi connectivity index (χ0) is 18.2. The van der Waals surface area contributed by atoms with E-state index in [1.807, 2.05) is 0 Å². The highest BCUT2D eigenvalue weighted by Crippen LogP contribution is 2.29.